The number of pyridine rings is 1. The predicted molar refractivity (Wildman–Crippen MR) is 53.2 cm³/mol. The lowest BCUT2D eigenvalue weighted by atomic mass is 10.3. The van der Waals surface area contributed by atoms with Crippen molar-refractivity contribution in [2.45, 2.75) is 0 Å². The number of aliphatic carboxylic acids is 1. The Balaban J connectivity index is 3.02. The van der Waals surface area contributed by atoms with Gasteiger partial charge in [0.2, 0.25) is 5.75 Å². The Bertz CT molecular complexity index is 446. The number of carboxylic acids is 2. The minimum absolute atomic E-state index is 0.0394. The fourth-order valence-electron chi connectivity index (χ4n) is 0.902. The summed E-state index contributed by atoms with van der Waals surface area (Å²) in [7, 11) is 0. The maximum atomic E-state index is 11.3. The van der Waals surface area contributed by atoms with E-state index in [1.165, 1.54) is 6.07 Å². The molecule has 2 N–H and O–H groups in total. The summed E-state index contributed by atoms with van der Waals surface area (Å²) in [5.74, 6) is -2.63. The first-order chi connectivity index (χ1) is 7.43. The molecule has 7 nitrogen and oxygen atoms in total. The molecular formula is C8H6BrNO6. The van der Waals surface area contributed by atoms with Crippen molar-refractivity contribution in [1.82, 2.24) is 0 Å². The maximum Gasteiger partial charge on any atom is 0.402 e. The summed E-state index contributed by atoms with van der Waals surface area (Å²) in [4.78, 5) is 20.8. The van der Waals surface area contributed by atoms with Crippen molar-refractivity contribution in [3.8, 4) is 5.75 Å². The molecule has 1 heterocycles. The standard InChI is InChI=1S/C8H6BrNO6/c9-7-5(16-3-6(11)12)2-1-4(8(13)14)10(7)15/h1-2H,3H2,(H,11,12)(H,13,14). The summed E-state index contributed by atoms with van der Waals surface area (Å²) >= 11 is 2.82. The van der Waals surface area contributed by atoms with Gasteiger partial charge in [-0.05, 0) is 6.07 Å². The number of aromatic carboxylic acids is 1. The minimum Gasteiger partial charge on any atom is -0.617 e. The molecular weight excluding hydrogens is 286 g/mol. The first kappa shape index (κ1) is 12.2. The zero-order chi connectivity index (χ0) is 12.3. The monoisotopic (exact) mass is 291 g/mol. The fourth-order valence-corrected chi connectivity index (χ4v) is 1.34. The van der Waals surface area contributed by atoms with Gasteiger partial charge in [-0.25, -0.2) is 9.59 Å². The van der Waals surface area contributed by atoms with Crippen LogP contribution in [0.5, 0.6) is 5.75 Å². The quantitative estimate of drug-likeness (QED) is 0.467. The van der Waals surface area contributed by atoms with Gasteiger partial charge in [0.15, 0.2) is 6.61 Å². The van der Waals surface area contributed by atoms with E-state index in [0.29, 0.717) is 0 Å². The lowest BCUT2D eigenvalue weighted by molar-refractivity contribution is -0.620. The van der Waals surface area contributed by atoms with Crippen LogP contribution in [-0.2, 0) is 4.79 Å². The van der Waals surface area contributed by atoms with E-state index in [1.54, 1.807) is 0 Å². The molecule has 0 unspecified atom stereocenters. The molecule has 0 radical (unpaired) electrons. The number of nitrogens with zero attached hydrogens (tertiary/aromatic N) is 1. The fraction of sp³-hybridized carbons (Fsp3) is 0.125. The van der Waals surface area contributed by atoms with Gasteiger partial charge in [0.1, 0.15) is 0 Å². The largest absolute Gasteiger partial charge is 0.617 e. The predicted octanol–water partition coefficient (Wildman–Crippen LogP) is 0.244. The molecule has 1 aromatic heterocycles. The summed E-state index contributed by atoms with van der Waals surface area (Å²) in [6, 6.07) is 2.22. The second kappa shape index (κ2) is 4.79. The highest BCUT2D eigenvalue weighted by Gasteiger charge is 2.21. The molecule has 0 aliphatic rings. The normalized spacial score (nSPS) is 9.81. The zero-order valence-electron chi connectivity index (χ0n) is 7.71. The number of aromatic nitrogens is 1. The highest BCUT2D eigenvalue weighted by atomic mass is 79.9. The van der Waals surface area contributed by atoms with Crippen LogP contribution in [-0.4, -0.2) is 28.8 Å². The zero-order valence-corrected chi connectivity index (χ0v) is 9.30. The Kier molecular flexibility index (Phi) is 3.67. The van der Waals surface area contributed by atoms with E-state index >= 15 is 0 Å². The summed E-state index contributed by atoms with van der Waals surface area (Å²) in [5, 5.41) is 28.3. The van der Waals surface area contributed by atoms with Gasteiger partial charge in [-0.1, -0.05) is 0 Å². The third-order valence-electron chi connectivity index (χ3n) is 1.56. The van der Waals surface area contributed by atoms with Crippen molar-refractivity contribution < 1.29 is 29.3 Å². The average molecular weight is 292 g/mol. The number of hydrogen-bond donors (Lipinski definition) is 2. The van der Waals surface area contributed by atoms with Crippen LogP contribution in [0.15, 0.2) is 16.7 Å². The lowest BCUT2D eigenvalue weighted by Crippen LogP contribution is -2.36. The molecule has 8 heteroatoms. The van der Waals surface area contributed by atoms with Crippen molar-refractivity contribution in [3.63, 3.8) is 0 Å². The third kappa shape index (κ3) is 2.60. The van der Waals surface area contributed by atoms with E-state index in [2.05, 4.69) is 15.9 Å². The topological polar surface area (TPSA) is 111 Å². The molecule has 0 amide bonds. The molecule has 1 aromatic rings. The van der Waals surface area contributed by atoms with Crippen molar-refractivity contribution in [2.75, 3.05) is 6.61 Å². The van der Waals surface area contributed by atoms with Gasteiger partial charge in [0.25, 0.3) is 0 Å². The Hall–Kier alpha value is -1.83. The van der Waals surface area contributed by atoms with E-state index in [1.807, 2.05) is 0 Å². The number of hydrogen-bond acceptors (Lipinski definition) is 4. The van der Waals surface area contributed by atoms with Gasteiger partial charge < -0.3 is 20.2 Å². The lowest BCUT2D eigenvalue weighted by Gasteiger charge is -2.07. The first-order valence-electron chi connectivity index (χ1n) is 3.93. The van der Waals surface area contributed by atoms with E-state index in [9.17, 15) is 14.8 Å². The molecule has 0 saturated carbocycles. The second-order valence-corrected chi connectivity index (χ2v) is 3.41. The smallest absolute Gasteiger partial charge is 0.402 e. The van der Waals surface area contributed by atoms with Gasteiger partial charge >= 0.3 is 22.2 Å². The molecule has 0 aromatic carbocycles. The summed E-state index contributed by atoms with van der Waals surface area (Å²) in [5.41, 5.74) is -0.491. The van der Waals surface area contributed by atoms with Gasteiger partial charge in [-0.3, -0.25) is 0 Å². The van der Waals surface area contributed by atoms with Crippen LogP contribution in [0.1, 0.15) is 10.5 Å². The maximum absolute atomic E-state index is 11.3. The molecule has 0 bridgehead atoms. The molecule has 1 rings (SSSR count). The third-order valence-corrected chi connectivity index (χ3v) is 2.28. The Morgan fingerprint density at radius 2 is 2.06 bits per heavy atom. The number of carboxylic acid groups (broad SMARTS) is 2. The minimum atomic E-state index is -1.39. The average Bonchev–Trinajstić information content (AvgIpc) is 2.19. The van der Waals surface area contributed by atoms with E-state index < -0.39 is 24.2 Å². The summed E-state index contributed by atoms with van der Waals surface area (Å²) in [6.07, 6.45) is 0. The van der Waals surface area contributed by atoms with E-state index in [-0.39, 0.29) is 15.1 Å². The van der Waals surface area contributed by atoms with Gasteiger partial charge in [0.05, 0.1) is 0 Å². The van der Waals surface area contributed by atoms with Gasteiger partial charge in [-0.2, -0.15) is 0 Å². The molecule has 0 saturated heterocycles. The molecule has 0 spiro atoms. The van der Waals surface area contributed by atoms with Crippen molar-refractivity contribution in [1.29, 1.82) is 0 Å². The highest BCUT2D eigenvalue weighted by Crippen LogP contribution is 2.21. The van der Waals surface area contributed by atoms with Crippen LogP contribution in [0, 0.1) is 5.21 Å². The van der Waals surface area contributed by atoms with E-state index in [4.69, 9.17) is 14.9 Å². The molecule has 0 fully saturated rings. The molecule has 0 aliphatic heterocycles. The van der Waals surface area contributed by atoms with Crippen LogP contribution in [0.2, 0.25) is 0 Å². The molecule has 0 aliphatic carbocycles. The second-order valence-electron chi connectivity index (χ2n) is 2.66. The van der Waals surface area contributed by atoms with Crippen LogP contribution in [0.4, 0.5) is 0 Å². The van der Waals surface area contributed by atoms with Gasteiger partial charge in [0, 0.05) is 22.0 Å². The van der Waals surface area contributed by atoms with Crippen molar-refractivity contribution >= 4 is 27.9 Å². The highest BCUT2D eigenvalue weighted by molar-refractivity contribution is 9.10. The SMILES string of the molecule is O=C(O)COc1ccc(C(=O)O)[n+]([O-])c1Br. The molecule has 0 atom stereocenters. The van der Waals surface area contributed by atoms with Gasteiger partial charge in [-0.15, -0.1) is 4.73 Å². The van der Waals surface area contributed by atoms with E-state index in [0.717, 1.165) is 6.07 Å². The Labute approximate surface area is 97.6 Å². The van der Waals surface area contributed by atoms with Crippen LogP contribution in [0.3, 0.4) is 0 Å². The Morgan fingerprint density at radius 3 is 2.56 bits per heavy atom. The van der Waals surface area contributed by atoms with Crippen molar-refractivity contribution in [2.24, 2.45) is 0 Å². The number of halogens is 1. The van der Waals surface area contributed by atoms with Crippen molar-refractivity contribution in [3.05, 3.63) is 27.6 Å². The van der Waals surface area contributed by atoms with Crippen LogP contribution in [0.25, 0.3) is 0 Å². The number of rotatable bonds is 4. The summed E-state index contributed by atoms with van der Waals surface area (Å²) < 4.78 is 4.66. The number of carbonyl (C=O) groups is 2. The van der Waals surface area contributed by atoms with Crippen LogP contribution >= 0.6 is 15.9 Å². The first-order valence-corrected chi connectivity index (χ1v) is 4.72. The summed E-state index contributed by atoms with van der Waals surface area (Å²) in [6.45, 7) is -0.620. The molecule has 86 valence electrons. The Morgan fingerprint density at radius 1 is 1.44 bits per heavy atom. The van der Waals surface area contributed by atoms with Crippen LogP contribution < -0.4 is 9.47 Å². The number of ether oxygens (including phenoxy) is 1. The molecule has 16 heavy (non-hydrogen) atoms.